The molecule has 1 aliphatic heterocycles. The van der Waals surface area contributed by atoms with Gasteiger partial charge in [0.1, 0.15) is 23.4 Å². The molecule has 0 saturated carbocycles. The molecule has 0 fully saturated rings. The van der Waals surface area contributed by atoms with E-state index in [-0.39, 0.29) is 5.75 Å². The molecular formula is C25H23F2NO4. The molecule has 166 valence electrons. The van der Waals surface area contributed by atoms with Gasteiger partial charge in [-0.05, 0) is 49.2 Å². The lowest BCUT2D eigenvalue weighted by atomic mass is 9.79. The molecule has 0 bridgehead atoms. The molecule has 7 heteroatoms. The molecule has 3 aromatic rings. The summed E-state index contributed by atoms with van der Waals surface area (Å²) in [5.41, 5.74) is 8.02. The molecule has 4 rings (SSSR count). The number of methoxy groups -OCH3 is 1. The average molecular weight is 439 g/mol. The van der Waals surface area contributed by atoms with E-state index >= 15 is 0 Å². The molecule has 1 heterocycles. The summed E-state index contributed by atoms with van der Waals surface area (Å²) in [6, 6.07) is 17.6. The number of fused-ring (bicyclic) bond motifs is 3. The number of halogens is 2. The highest BCUT2D eigenvalue weighted by molar-refractivity contribution is 5.87. The summed E-state index contributed by atoms with van der Waals surface area (Å²) in [6.45, 7) is 0.496. The first-order valence-corrected chi connectivity index (χ1v) is 10.1. The van der Waals surface area contributed by atoms with Crippen LogP contribution in [0.3, 0.4) is 0 Å². The molecule has 2 N–H and O–H groups in total. The van der Waals surface area contributed by atoms with Crippen molar-refractivity contribution >= 4 is 5.91 Å². The van der Waals surface area contributed by atoms with Crippen molar-refractivity contribution in [1.29, 1.82) is 0 Å². The van der Waals surface area contributed by atoms with Crippen LogP contribution in [0.5, 0.6) is 17.2 Å². The Balaban J connectivity index is 1.95. The summed E-state index contributed by atoms with van der Waals surface area (Å²) in [6.07, 6.45) is -0.557. The zero-order chi connectivity index (χ0) is 23.0. The van der Waals surface area contributed by atoms with E-state index in [1.807, 2.05) is 30.3 Å². The predicted octanol–water partition coefficient (Wildman–Crippen LogP) is 5.21. The molecule has 0 radical (unpaired) electrons. The first-order chi connectivity index (χ1) is 15.2. The molecule has 0 saturated heterocycles. The SMILES string of the molecule is COc1cccc(C2Oc3cccc(OC(F)F)c3-c3ccc(C(C)(C)C(N)=O)cc32)c1. The van der Waals surface area contributed by atoms with Crippen LogP contribution in [-0.4, -0.2) is 19.6 Å². The van der Waals surface area contributed by atoms with E-state index in [1.165, 1.54) is 6.07 Å². The molecule has 0 aromatic heterocycles. The third kappa shape index (κ3) is 3.75. The van der Waals surface area contributed by atoms with Gasteiger partial charge in [0.2, 0.25) is 5.91 Å². The molecular weight excluding hydrogens is 416 g/mol. The third-order valence-electron chi connectivity index (χ3n) is 5.79. The van der Waals surface area contributed by atoms with E-state index in [9.17, 15) is 13.6 Å². The van der Waals surface area contributed by atoms with Crippen LogP contribution in [0.2, 0.25) is 0 Å². The second kappa shape index (κ2) is 8.15. The number of alkyl halides is 2. The normalized spacial score (nSPS) is 14.9. The maximum absolute atomic E-state index is 13.1. The highest BCUT2D eigenvalue weighted by Gasteiger charge is 2.34. The molecule has 1 atom stereocenters. The molecule has 32 heavy (non-hydrogen) atoms. The number of hydrogen-bond acceptors (Lipinski definition) is 4. The van der Waals surface area contributed by atoms with Crippen molar-refractivity contribution in [3.63, 3.8) is 0 Å². The van der Waals surface area contributed by atoms with Gasteiger partial charge in [0.05, 0.1) is 18.1 Å². The van der Waals surface area contributed by atoms with Crippen LogP contribution in [0.15, 0.2) is 60.7 Å². The Kier molecular flexibility index (Phi) is 5.50. The Hall–Kier alpha value is -3.61. The number of benzene rings is 3. The van der Waals surface area contributed by atoms with Gasteiger partial charge in [0.25, 0.3) is 0 Å². The minimum Gasteiger partial charge on any atom is -0.497 e. The van der Waals surface area contributed by atoms with Crippen molar-refractivity contribution in [2.45, 2.75) is 32.0 Å². The first-order valence-electron chi connectivity index (χ1n) is 10.1. The molecule has 0 spiro atoms. The lowest BCUT2D eigenvalue weighted by Gasteiger charge is -2.32. The van der Waals surface area contributed by atoms with Crippen molar-refractivity contribution < 1.29 is 27.8 Å². The van der Waals surface area contributed by atoms with E-state index in [0.29, 0.717) is 33.8 Å². The lowest BCUT2D eigenvalue weighted by Crippen LogP contribution is -2.35. The fourth-order valence-electron chi connectivity index (χ4n) is 3.85. The van der Waals surface area contributed by atoms with Gasteiger partial charge in [-0.3, -0.25) is 4.79 Å². The Morgan fingerprint density at radius 3 is 2.53 bits per heavy atom. The summed E-state index contributed by atoms with van der Waals surface area (Å²) >= 11 is 0. The number of hydrogen-bond donors (Lipinski definition) is 1. The van der Waals surface area contributed by atoms with Gasteiger partial charge in [-0.1, -0.05) is 36.4 Å². The van der Waals surface area contributed by atoms with Gasteiger partial charge in [-0.2, -0.15) is 8.78 Å². The van der Waals surface area contributed by atoms with Crippen LogP contribution >= 0.6 is 0 Å². The van der Waals surface area contributed by atoms with E-state index in [4.69, 9.17) is 19.9 Å². The van der Waals surface area contributed by atoms with E-state index < -0.39 is 24.0 Å². The Morgan fingerprint density at radius 1 is 1.09 bits per heavy atom. The van der Waals surface area contributed by atoms with Crippen molar-refractivity contribution in [3.05, 3.63) is 77.4 Å². The highest BCUT2D eigenvalue weighted by Crippen LogP contribution is 2.50. The maximum Gasteiger partial charge on any atom is 0.387 e. The van der Waals surface area contributed by atoms with Crippen LogP contribution in [0.4, 0.5) is 8.78 Å². The van der Waals surface area contributed by atoms with E-state index in [2.05, 4.69) is 0 Å². The number of ether oxygens (including phenoxy) is 3. The molecule has 1 unspecified atom stereocenters. The minimum absolute atomic E-state index is 0.0183. The second-order valence-corrected chi connectivity index (χ2v) is 8.07. The monoisotopic (exact) mass is 439 g/mol. The topological polar surface area (TPSA) is 70.8 Å². The molecule has 5 nitrogen and oxygen atoms in total. The first kappa shape index (κ1) is 21.6. The number of primary amides is 1. The van der Waals surface area contributed by atoms with Crippen molar-refractivity contribution in [2.75, 3.05) is 7.11 Å². The van der Waals surface area contributed by atoms with E-state index in [1.54, 1.807) is 45.2 Å². The van der Waals surface area contributed by atoms with Crippen LogP contribution in [0, 0.1) is 0 Å². The summed E-state index contributed by atoms with van der Waals surface area (Å²) in [5, 5.41) is 0. The molecule has 3 aromatic carbocycles. The number of carbonyl (C=O) groups excluding carboxylic acids is 1. The van der Waals surface area contributed by atoms with Crippen LogP contribution < -0.4 is 19.9 Å². The molecule has 1 amide bonds. The predicted molar refractivity (Wildman–Crippen MR) is 116 cm³/mol. The molecule has 1 aliphatic rings. The van der Waals surface area contributed by atoms with Crippen LogP contribution in [0.1, 0.15) is 36.6 Å². The fraction of sp³-hybridized carbons (Fsp3) is 0.240. The maximum atomic E-state index is 13.1. The van der Waals surface area contributed by atoms with Gasteiger partial charge in [-0.25, -0.2) is 0 Å². The molecule has 0 aliphatic carbocycles. The largest absolute Gasteiger partial charge is 0.497 e. The number of rotatable bonds is 6. The van der Waals surface area contributed by atoms with Gasteiger partial charge in [0.15, 0.2) is 0 Å². The number of nitrogens with two attached hydrogens (primary N) is 1. The number of amides is 1. The van der Waals surface area contributed by atoms with E-state index in [0.717, 1.165) is 5.56 Å². The van der Waals surface area contributed by atoms with Crippen LogP contribution in [-0.2, 0) is 10.2 Å². The second-order valence-electron chi connectivity index (χ2n) is 8.07. The van der Waals surface area contributed by atoms with Crippen molar-refractivity contribution in [3.8, 4) is 28.4 Å². The van der Waals surface area contributed by atoms with Gasteiger partial charge >= 0.3 is 6.61 Å². The Morgan fingerprint density at radius 2 is 1.84 bits per heavy atom. The Bertz CT molecular complexity index is 1180. The zero-order valence-electron chi connectivity index (χ0n) is 17.9. The van der Waals surface area contributed by atoms with Crippen LogP contribution in [0.25, 0.3) is 11.1 Å². The fourth-order valence-corrected chi connectivity index (χ4v) is 3.85. The quantitative estimate of drug-likeness (QED) is 0.573. The minimum atomic E-state index is -2.98. The summed E-state index contributed by atoms with van der Waals surface area (Å²) in [4.78, 5) is 12.1. The summed E-state index contributed by atoms with van der Waals surface area (Å²) in [7, 11) is 1.57. The average Bonchev–Trinajstić information content (AvgIpc) is 2.77. The van der Waals surface area contributed by atoms with Gasteiger partial charge in [0, 0.05) is 11.1 Å². The zero-order valence-corrected chi connectivity index (χ0v) is 17.9. The summed E-state index contributed by atoms with van der Waals surface area (Å²) in [5.74, 6) is 0.617. The highest BCUT2D eigenvalue weighted by atomic mass is 19.3. The van der Waals surface area contributed by atoms with Crippen molar-refractivity contribution in [2.24, 2.45) is 5.73 Å². The third-order valence-corrected chi connectivity index (χ3v) is 5.79. The summed E-state index contributed by atoms with van der Waals surface area (Å²) < 4.78 is 42.6. The smallest absolute Gasteiger partial charge is 0.387 e. The Labute approximate surface area is 184 Å². The number of carbonyl (C=O) groups is 1. The standard InChI is InChI=1S/C25H23F2NO4/c1-25(2,23(28)29)15-10-11-17-18(13-15)22(14-6-4-7-16(12-14)30-3)31-19-8-5-9-20(21(17)19)32-24(26)27/h4-13,22,24H,1-3H3,(H2,28,29). The van der Waals surface area contributed by atoms with Gasteiger partial charge in [-0.15, -0.1) is 0 Å². The van der Waals surface area contributed by atoms with Crippen molar-refractivity contribution in [1.82, 2.24) is 0 Å². The lowest BCUT2D eigenvalue weighted by molar-refractivity contribution is -0.122. The van der Waals surface area contributed by atoms with Gasteiger partial charge < -0.3 is 19.9 Å².